The van der Waals surface area contributed by atoms with Crippen LogP contribution in [0.2, 0.25) is 0 Å². The van der Waals surface area contributed by atoms with E-state index in [4.69, 9.17) is 8.94 Å². The van der Waals surface area contributed by atoms with E-state index in [1.165, 1.54) is 11.8 Å². The first kappa shape index (κ1) is 19.6. The van der Waals surface area contributed by atoms with Crippen molar-refractivity contribution in [2.45, 2.75) is 37.0 Å². The van der Waals surface area contributed by atoms with Crippen LogP contribution < -0.4 is 4.72 Å². The molecule has 0 unspecified atom stereocenters. The summed E-state index contributed by atoms with van der Waals surface area (Å²) in [6.07, 6.45) is 6.01. The molecular weight excluding hydrogens is 414 g/mol. The minimum absolute atomic E-state index is 0.279. The third-order valence-electron chi connectivity index (χ3n) is 5.44. The SMILES string of the molecule is O=S(=O)(Nc1ccccc1Cc1nc(-c2ccco2)no1)c1ccc2c(c1)CCCC2. The first-order valence-electron chi connectivity index (χ1n) is 10.2. The molecular formula is C23H21N3O4S. The Morgan fingerprint density at radius 2 is 1.81 bits per heavy atom. The summed E-state index contributed by atoms with van der Waals surface area (Å²) in [5.74, 6) is 1.23. The Balaban J connectivity index is 1.39. The van der Waals surface area contributed by atoms with Gasteiger partial charge < -0.3 is 8.94 Å². The Labute approximate surface area is 180 Å². The molecule has 0 atom stereocenters. The maximum absolute atomic E-state index is 13.1. The van der Waals surface area contributed by atoms with Crippen molar-refractivity contribution in [1.29, 1.82) is 0 Å². The van der Waals surface area contributed by atoms with Crippen LogP contribution in [0.5, 0.6) is 0 Å². The number of para-hydroxylation sites is 1. The Kier molecular flexibility index (Phi) is 5.07. The van der Waals surface area contributed by atoms with Gasteiger partial charge in [-0.25, -0.2) is 8.42 Å². The second-order valence-electron chi connectivity index (χ2n) is 7.57. The van der Waals surface area contributed by atoms with E-state index in [-0.39, 0.29) is 11.3 Å². The fourth-order valence-electron chi connectivity index (χ4n) is 3.85. The Morgan fingerprint density at radius 3 is 2.65 bits per heavy atom. The zero-order valence-electron chi connectivity index (χ0n) is 16.7. The number of hydrogen-bond donors (Lipinski definition) is 1. The number of benzene rings is 2. The molecule has 0 aliphatic heterocycles. The number of fused-ring (bicyclic) bond motifs is 1. The van der Waals surface area contributed by atoms with Crippen LogP contribution in [0.25, 0.3) is 11.6 Å². The van der Waals surface area contributed by atoms with E-state index in [2.05, 4.69) is 14.9 Å². The molecule has 0 saturated carbocycles. The first-order valence-corrected chi connectivity index (χ1v) is 11.7. The smallest absolute Gasteiger partial charge is 0.261 e. The lowest BCUT2D eigenvalue weighted by molar-refractivity contribution is 0.384. The molecule has 2 heterocycles. The van der Waals surface area contributed by atoms with Gasteiger partial charge >= 0.3 is 0 Å². The van der Waals surface area contributed by atoms with E-state index >= 15 is 0 Å². The minimum atomic E-state index is -3.72. The van der Waals surface area contributed by atoms with E-state index in [9.17, 15) is 8.42 Å². The summed E-state index contributed by atoms with van der Waals surface area (Å²) in [7, 11) is -3.72. The number of rotatable bonds is 6. The predicted molar refractivity (Wildman–Crippen MR) is 115 cm³/mol. The number of anilines is 1. The maximum Gasteiger partial charge on any atom is 0.261 e. The second-order valence-corrected chi connectivity index (χ2v) is 9.25. The lowest BCUT2D eigenvalue weighted by atomic mass is 9.92. The molecule has 1 aliphatic rings. The molecule has 0 fully saturated rings. The van der Waals surface area contributed by atoms with Crippen molar-refractivity contribution in [2.75, 3.05) is 4.72 Å². The Morgan fingerprint density at radius 1 is 0.968 bits per heavy atom. The van der Waals surface area contributed by atoms with Gasteiger partial charge in [-0.1, -0.05) is 29.4 Å². The molecule has 0 radical (unpaired) electrons. The molecule has 4 aromatic rings. The van der Waals surface area contributed by atoms with E-state index in [1.807, 2.05) is 18.2 Å². The molecule has 31 heavy (non-hydrogen) atoms. The van der Waals surface area contributed by atoms with E-state index in [0.29, 0.717) is 23.2 Å². The van der Waals surface area contributed by atoms with Crippen molar-refractivity contribution >= 4 is 15.7 Å². The van der Waals surface area contributed by atoms with Crippen molar-refractivity contribution in [1.82, 2.24) is 10.1 Å². The fourth-order valence-corrected chi connectivity index (χ4v) is 5.00. The van der Waals surface area contributed by atoms with Gasteiger partial charge in [-0.05, 0) is 72.7 Å². The van der Waals surface area contributed by atoms with Gasteiger partial charge in [0, 0.05) is 0 Å². The summed E-state index contributed by atoms with van der Waals surface area (Å²) < 4.78 is 39.5. The first-order chi connectivity index (χ1) is 15.1. The van der Waals surface area contributed by atoms with Crippen LogP contribution in [0.4, 0.5) is 5.69 Å². The van der Waals surface area contributed by atoms with Crippen LogP contribution in [0.15, 0.2) is 74.7 Å². The summed E-state index contributed by atoms with van der Waals surface area (Å²) in [4.78, 5) is 4.62. The third-order valence-corrected chi connectivity index (χ3v) is 6.81. The van der Waals surface area contributed by atoms with Crippen molar-refractivity contribution in [3.05, 3.63) is 83.4 Å². The van der Waals surface area contributed by atoms with Gasteiger partial charge in [0.1, 0.15) is 0 Å². The molecule has 8 heteroatoms. The highest BCUT2D eigenvalue weighted by Gasteiger charge is 2.20. The summed E-state index contributed by atoms with van der Waals surface area (Å²) in [6, 6.07) is 16.1. The number of nitrogens with zero attached hydrogens (tertiary/aromatic N) is 2. The minimum Gasteiger partial charge on any atom is -0.461 e. The van der Waals surface area contributed by atoms with Crippen LogP contribution in [-0.2, 0) is 29.3 Å². The van der Waals surface area contributed by atoms with Gasteiger partial charge in [-0.15, -0.1) is 0 Å². The molecule has 2 aromatic heterocycles. The van der Waals surface area contributed by atoms with Gasteiger partial charge in [-0.2, -0.15) is 4.98 Å². The number of hydrogen-bond acceptors (Lipinski definition) is 6. The summed E-state index contributed by atoms with van der Waals surface area (Å²) in [5.41, 5.74) is 3.59. The largest absolute Gasteiger partial charge is 0.461 e. The van der Waals surface area contributed by atoms with Crippen LogP contribution >= 0.6 is 0 Å². The molecule has 2 aromatic carbocycles. The predicted octanol–water partition coefficient (Wildman–Crippen LogP) is 4.60. The van der Waals surface area contributed by atoms with Crippen molar-refractivity contribution in [3.63, 3.8) is 0 Å². The number of nitrogens with one attached hydrogen (secondary N) is 1. The van der Waals surface area contributed by atoms with Crippen molar-refractivity contribution in [3.8, 4) is 11.6 Å². The number of aryl methyl sites for hydroxylation is 2. The number of sulfonamides is 1. The Bertz CT molecular complexity index is 1310. The summed E-state index contributed by atoms with van der Waals surface area (Å²) in [6.45, 7) is 0. The lowest BCUT2D eigenvalue weighted by Gasteiger charge is -2.17. The van der Waals surface area contributed by atoms with Gasteiger partial charge in [0.2, 0.25) is 11.7 Å². The average Bonchev–Trinajstić information content (AvgIpc) is 3.47. The van der Waals surface area contributed by atoms with Gasteiger partial charge in [-0.3, -0.25) is 4.72 Å². The zero-order chi connectivity index (χ0) is 21.3. The van der Waals surface area contributed by atoms with E-state index in [1.54, 1.807) is 36.4 Å². The lowest BCUT2D eigenvalue weighted by Crippen LogP contribution is -2.15. The van der Waals surface area contributed by atoms with Gasteiger partial charge in [0.15, 0.2) is 5.76 Å². The van der Waals surface area contributed by atoms with Crippen LogP contribution in [-0.4, -0.2) is 18.6 Å². The zero-order valence-corrected chi connectivity index (χ0v) is 17.6. The van der Waals surface area contributed by atoms with Gasteiger partial charge in [0.05, 0.1) is 23.3 Å². The highest BCUT2D eigenvalue weighted by Crippen LogP contribution is 2.27. The third kappa shape index (κ3) is 4.11. The quantitative estimate of drug-likeness (QED) is 0.475. The molecule has 5 rings (SSSR count). The average molecular weight is 436 g/mol. The molecule has 1 N–H and O–H groups in total. The molecule has 7 nitrogen and oxygen atoms in total. The fraction of sp³-hybridized carbons (Fsp3) is 0.217. The second kappa shape index (κ2) is 8.03. The maximum atomic E-state index is 13.1. The normalized spacial score (nSPS) is 13.7. The van der Waals surface area contributed by atoms with Crippen molar-refractivity contribution < 1.29 is 17.4 Å². The van der Waals surface area contributed by atoms with E-state index in [0.717, 1.165) is 36.8 Å². The molecule has 0 bridgehead atoms. The summed E-state index contributed by atoms with van der Waals surface area (Å²) in [5, 5.41) is 3.93. The monoisotopic (exact) mass is 435 g/mol. The molecule has 0 amide bonds. The summed E-state index contributed by atoms with van der Waals surface area (Å²) >= 11 is 0. The van der Waals surface area contributed by atoms with E-state index < -0.39 is 10.0 Å². The van der Waals surface area contributed by atoms with Gasteiger partial charge in [0.25, 0.3) is 10.0 Å². The van der Waals surface area contributed by atoms with Crippen LogP contribution in [0, 0.1) is 0 Å². The molecule has 158 valence electrons. The standard InChI is InChI=1S/C23H21N3O4S/c27-31(28,19-12-11-16-6-1-2-7-17(16)14-19)26-20-9-4-3-8-18(20)15-22-24-23(25-30-22)21-10-5-13-29-21/h3-5,8-14,26H,1-2,6-7,15H2. The molecule has 0 saturated heterocycles. The molecule has 0 spiro atoms. The number of aromatic nitrogens is 2. The highest BCUT2D eigenvalue weighted by molar-refractivity contribution is 7.92. The van der Waals surface area contributed by atoms with Crippen molar-refractivity contribution in [2.24, 2.45) is 0 Å². The number of furan rings is 1. The Hall–Kier alpha value is -3.39. The van der Waals surface area contributed by atoms with Crippen LogP contribution in [0.3, 0.4) is 0 Å². The highest BCUT2D eigenvalue weighted by atomic mass is 32.2. The van der Waals surface area contributed by atoms with Crippen LogP contribution in [0.1, 0.15) is 35.4 Å². The topological polar surface area (TPSA) is 98.2 Å². The molecule has 1 aliphatic carbocycles.